The van der Waals surface area contributed by atoms with Gasteiger partial charge in [0.05, 0.1) is 11.4 Å². The average molecular weight is 459 g/mol. The molecular formula is C29H26N6+2. The largest absolute Gasteiger partial charge is 0.590 e. The van der Waals surface area contributed by atoms with Crippen molar-refractivity contribution < 1.29 is 9.39 Å². The quantitative estimate of drug-likeness (QED) is 0.289. The third kappa shape index (κ3) is 2.59. The number of nitrogens with zero attached hydrogens (tertiary/aromatic N) is 6. The van der Waals surface area contributed by atoms with Gasteiger partial charge in [-0.3, -0.25) is 0 Å². The Morgan fingerprint density at radius 1 is 0.686 bits per heavy atom. The predicted molar refractivity (Wildman–Crippen MR) is 137 cm³/mol. The highest BCUT2D eigenvalue weighted by atomic mass is 15.7. The monoisotopic (exact) mass is 458 g/mol. The van der Waals surface area contributed by atoms with Crippen molar-refractivity contribution in [2.45, 2.75) is 19.3 Å². The molecule has 0 saturated carbocycles. The molecule has 4 aromatic rings. The van der Waals surface area contributed by atoms with E-state index in [1.54, 1.807) is 0 Å². The zero-order chi connectivity index (χ0) is 23.7. The van der Waals surface area contributed by atoms with Gasteiger partial charge in [0.15, 0.2) is 11.4 Å². The molecule has 35 heavy (non-hydrogen) atoms. The lowest BCUT2D eigenvalue weighted by molar-refractivity contribution is -0.815. The Kier molecular flexibility index (Phi) is 4.07. The molecule has 6 nitrogen and oxygen atoms in total. The molecule has 0 radical (unpaired) electrons. The number of benzene rings is 4. The summed E-state index contributed by atoms with van der Waals surface area (Å²) in [4.78, 5) is 4.69. The van der Waals surface area contributed by atoms with E-state index in [9.17, 15) is 0 Å². The van der Waals surface area contributed by atoms with Crippen molar-refractivity contribution in [3.63, 3.8) is 0 Å². The van der Waals surface area contributed by atoms with Crippen molar-refractivity contribution >= 4 is 34.1 Å². The number of rotatable bonds is 1. The molecule has 3 aliphatic rings. The Morgan fingerprint density at radius 3 is 2.11 bits per heavy atom. The normalized spacial score (nSPS) is 19.5. The van der Waals surface area contributed by atoms with Gasteiger partial charge in [0.1, 0.15) is 0 Å². The highest BCUT2D eigenvalue weighted by molar-refractivity contribution is 5.77. The van der Waals surface area contributed by atoms with Gasteiger partial charge in [0, 0.05) is 58.0 Å². The summed E-state index contributed by atoms with van der Waals surface area (Å²) in [5.41, 5.74) is 9.85. The lowest BCUT2D eigenvalue weighted by atomic mass is 10.0. The van der Waals surface area contributed by atoms with Crippen LogP contribution in [0, 0.1) is 6.92 Å². The van der Waals surface area contributed by atoms with Gasteiger partial charge in [-0.2, -0.15) is 0 Å². The molecule has 7 rings (SSSR count). The SMILES string of the molecule is Cc1cccc2c1N(C)[C@@]13N(C)c4c(cccc4N=[N+]1c1ccccc1)Cc1cccc(c1)[N+]3=N2. The molecule has 0 amide bonds. The third-order valence-corrected chi connectivity index (χ3v) is 7.42. The lowest BCUT2D eigenvalue weighted by Gasteiger charge is -2.42. The van der Waals surface area contributed by atoms with E-state index in [1.807, 2.05) is 6.07 Å². The molecule has 170 valence electrons. The molecule has 0 aromatic heterocycles. The van der Waals surface area contributed by atoms with Crippen molar-refractivity contribution in [3.8, 4) is 0 Å². The first-order chi connectivity index (χ1) is 17.1. The zero-order valence-corrected chi connectivity index (χ0v) is 20.1. The van der Waals surface area contributed by atoms with Crippen molar-refractivity contribution in [2.75, 3.05) is 23.9 Å². The second-order valence-electron chi connectivity index (χ2n) is 9.45. The minimum absolute atomic E-state index is 0.835. The van der Waals surface area contributed by atoms with Crippen molar-refractivity contribution in [1.82, 2.24) is 0 Å². The van der Waals surface area contributed by atoms with Gasteiger partial charge < -0.3 is 0 Å². The summed E-state index contributed by atoms with van der Waals surface area (Å²) in [7, 11) is 4.33. The van der Waals surface area contributed by atoms with E-state index < -0.39 is 5.91 Å². The highest BCUT2D eigenvalue weighted by Crippen LogP contribution is 2.52. The summed E-state index contributed by atoms with van der Waals surface area (Å²) < 4.78 is 4.26. The molecule has 1 atom stereocenters. The highest BCUT2D eigenvalue weighted by Gasteiger charge is 2.71. The Morgan fingerprint density at radius 2 is 1.31 bits per heavy atom. The molecule has 0 aliphatic carbocycles. The van der Waals surface area contributed by atoms with Gasteiger partial charge in [-0.25, -0.2) is 9.80 Å². The molecule has 4 bridgehead atoms. The number of fused-ring (bicyclic) bond motifs is 4. The van der Waals surface area contributed by atoms with Crippen LogP contribution in [0.4, 0.5) is 34.1 Å². The Bertz CT molecular complexity index is 1570. The molecule has 3 heterocycles. The minimum atomic E-state index is -0.882. The molecular weight excluding hydrogens is 432 g/mol. The second kappa shape index (κ2) is 7.09. The van der Waals surface area contributed by atoms with Gasteiger partial charge in [0.2, 0.25) is 11.4 Å². The molecule has 1 spiro atoms. The van der Waals surface area contributed by atoms with Crippen LogP contribution in [0.15, 0.2) is 101 Å². The van der Waals surface area contributed by atoms with Crippen LogP contribution in [-0.4, -0.2) is 29.4 Å². The van der Waals surface area contributed by atoms with Gasteiger partial charge in [-0.15, -0.1) is 0 Å². The van der Waals surface area contributed by atoms with Gasteiger partial charge in [-0.1, -0.05) is 54.6 Å². The van der Waals surface area contributed by atoms with Gasteiger partial charge in [-0.05, 0) is 42.2 Å². The van der Waals surface area contributed by atoms with Crippen LogP contribution in [0.2, 0.25) is 0 Å². The van der Waals surface area contributed by atoms with E-state index in [4.69, 9.17) is 10.2 Å². The molecule has 0 fully saturated rings. The van der Waals surface area contributed by atoms with Crippen LogP contribution in [0.25, 0.3) is 0 Å². The fourth-order valence-electron chi connectivity index (χ4n) is 5.93. The summed E-state index contributed by atoms with van der Waals surface area (Å²) in [6.45, 7) is 2.15. The first-order valence-electron chi connectivity index (χ1n) is 12.0. The maximum Gasteiger partial charge on any atom is 0.590 e. The number of azo groups is 4. The molecule has 0 saturated heterocycles. The third-order valence-electron chi connectivity index (χ3n) is 7.42. The van der Waals surface area contributed by atoms with Crippen molar-refractivity contribution in [1.29, 1.82) is 0 Å². The number of para-hydroxylation sites is 3. The van der Waals surface area contributed by atoms with E-state index in [0.717, 1.165) is 40.5 Å². The first kappa shape index (κ1) is 20.1. The van der Waals surface area contributed by atoms with Crippen LogP contribution < -0.4 is 9.80 Å². The average Bonchev–Trinajstić information content (AvgIpc) is 2.89. The number of hydrogen-bond acceptors (Lipinski definition) is 4. The lowest BCUT2D eigenvalue weighted by Crippen LogP contribution is -2.71. The summed E-state index contributed by atoms with van der Waals surface area (Å²) in [6, 6.07) is 31.9. The molecule has 0 N–H and O–H groups in total. The van der Waals surface area contributed by atoms with E-state index in [1.165, 1.54) is 16.7 Å². The summed E-state index contributed by atoms with van der Waals surface area (Å²) in [6.07, 6.45) is 0.835. The fourth-order valence-corrected chi connectivity index (χ4v) is 5.93. The van der Waals surface area contributed by atoms with E-state index >= 15 is 0 Å². The maximum atomic E-state index is 5.32. The molecule has 4 aromatic carbocycles. The van der Waals surface area contributed by atoms with Gasteiger partial charge in [0.25, 0.3) is 0 Å². The number of aryl methyl sites for hydroxylation is 1. The van der Waals surface area contributed by atoms with Crippen LogP contribution in [0.3, 0.4) is 0 Å². The summed E-state index contributed by atoms with van der Waals surface area (Å²) >= 11 is 0. The van der Waals surface area contributed by atoms with E-state index in [2.05, 4.69) is 125 Å². The predicted octanol–water partition coefficient (Wildman–Crippen LogP) is 6.97. The summed E-state index contributed by atoms with van der Waals surface area (Å²) in [5, 5.41) is 10.6. The topological polar surface area (TPSA) is 37.2 Å². The van der Waals surface area contributed by atoms with Crippen LogP contribution in [0.1, 0.15) is 16.7 Å². The number of hydrogen-bond donors (Lipinski definition) is 0. The first-order valence-corrected chi connectivity index (χ1v) is 12.0. The minimum Gasteiger partial charge on any atom is -0.227 e. The fraction of sp³-hybridized carbons (Fsp3) is 0.172. The summed E-state index contributed by atoms with van der Waals surface area (Å²) in [5.74, 6) is -0.882. The van der Waals surface area contributed by atoms with Crippen molar-refractivity contribution in [3.05, 3.63) is 108 Å². The Labute approximate surface area is 204 Å². The smallest absolute Gasteiger partial charge is 0.227 e. The molecule has 0 unspecified atom stereocenters. The molecule has 6 heteroatoms. The van der Waals surface area contributed by atoms with E-state index in [-0.39, 0.29) is 0 Å². The second-order valence-corrected chi connectivity index (χ2v) is 9.45. The standard InChI is InChI=1S/C29H26N6/c1-20-10-7-16-25-27(20)32(2)29-33(3)28-22(18-21-11-8-15-24(19-21)35(29)30-25)12-9-17-26(28)31-34(29)23-13-5-4-6-14-23/h4-17,19H,18H2,1-3H3/q+2/t29-/m1/s1. The number of anilines is 2. The molecule has 3 aliphatic heterocycles. The van der Waals surface area contributed by atoms with Gasteiger partial charge >= 0.3 is 5.91 Å². The van der Waals surface area contributed by atoms with Crippen LogP contribution in [-0.2, 0) is 6.42 Å². The van der Waals surface area contributed by atoms with Crippen LogP contribution in [0.5, 0.6) is 0 Å². The Balaban J connectivity index is 1.68. The van der Waals surface area contributed by atoms with E-state index in [0.29, 0.717) is 0 Å². The van der Waals surface area contributed by atoms with Crippen LogP contribution >= 0.6 is 0 Å². The zero-order valence-electron chi connectivity index (χ0n) is 20.1. The van der Waals surface area contributed by atoms with Crippen molar-refractivity contribution in [2.24, 2.45) is 10.2 Å². The maximum absolute atomic E-state index is 5.32. The Hall–Kier alpha value is -4.32.